The second kappa shape index (κ2) is 8.70. The first kappa shape index (κ1) is 16.7. The number of aromatic nitrogens is 2. The fourth-order valence-corrected chi connectivity index (χ4v) is 2.07. The van der Waals surface area contributed by atoms with Gasteiger partial charge in [-0.25, -0.2) is 4.98 Å². The Labute approximate surface area is 135 Å². The van der Waals surface area contributed by atoms with Gasteiger partial charge in [-0.15, -0.1) is 0 Å². The molecule has 0 unspecified atom stereocenters. The molecular weight excluding hydrogens is 292 g/mol. The van der Waals surface area contributed by atoms with Crippen molar-refractivity contribution in [3.8, 4) is 23.5 Å². The van der Waals surface area contributed by atoms with Crippen molar-refractivity contribution < 1.29 is 9.47 Å². The Morgan fingerprint density at radius 2 is 1.70 bits per heavy atom. The van der Waals surface area contributed by atoms with E-state index in [4.69, 9.17) is 20.0 Å². The summed E-state index contributed by atoms with van der Waals surface area (Å²) in [5, 5.41) is 17.3. The second-order valence-electron chi connectivity index (χ2n) is 4.85. The lowest BCUT2D eigenvalue weighted by atomic mass is 10.2. The van der Waals surface area contributed by atoms with Crippen LogP contribution in [0.2, 0.25) is 0 Å². The smallest absolute Gasteiger partial charge is 0.202 e. The molecule has 1 N–H and O–H groups in total. The maximum absolute atomic E-state index is 8.64. The van der Waals surface area contributed by atoms with Gasteiger partial charge in [-0.3, -0.25) is 0 Å². The zero-order valence-corrected chi connectivity index (χ0v) is 13.0. The molecule has 0 aliphatic rings. The quantitative estimate of drug-likeness (QED) is 0.596. The zero-order valence-electron chi connectivity index (χ0n) is 13.0. The molecule has 0 saturated heterocycles. The van der Waals surface area contributed by atoms with Gasteiger partial charge in [-0.05, 0) is 6.92 Å². The van der Waals surface area contributed by atoms with Gasteiger partial charge in [-0.2, -0.15) is 10.5 Å². The highest BCUT2D eigenvalue weighted by Crippen LogP contribution is 2.25. The number of rotatable bonds is 8. The number of aromatic amines is 1. The van der Waals surface area contributed by atoms with Gasteiger partial charge in [0.15, 0.2) is 0 Å². The van der Waals surface area contributed by atoms with Gasteiger partial charge >= 0.3 is 0 Å². The minimum atomic E-state index is -0.689. The van der Waals surface area contributed by atoms with E-state index in [1.54, 1.807) is 0 Å². The highest BCUT2D eigenvalue weighted by molar-refractivity contribution is 5.55. The van der Waals surface area contributed by atoms with Crippen molar-refractivity contribution in [3.63, 3.8) is 0 Å². The molecule has 1 aromatic heterocycles. The summed E-state index contributed by atoms with van der Waals surface area (Å²) in [4.78, 5) is 7.79. The predicted octanol–water partition coefficient (Wildman–Crippen LogP) is 3.24. The van der Waals surface area contributed by atoms with Gasteiger partial charge < -0.3 is 14.5 Å². The van der Waals surface area contributed by atoms with Crippen LogP contribution in [0.1, 0.15) is 30.5 Å². The molecule has 118 valence electrons. The number of hydrogen-bond donors (Lipinski definition) is 1. The molecule has 0 spiro atoms. The fourth-order valence-electron chi connectivity index (χ4n) is 2.07. The summed E-state index contributed by atoms with van der Waals surface area (Å²) in [5.74, 6) is 0.732. The topological polar surface area (TPSA) is 94.7 Å². The molecule has 0 aliphatic heterocycles. The summed E-state index contributed by atoms with van der Waals surface area (Å²) in [6.45, 7) is 2.39. The highest BCUT2D eigenvalue weighted by Gasteiger charge is 2.20. The van der Waals surface area contributed by atoms with Crippen LogP contribution in [-0.2, 0) is 9.47 Å². The van der Waals surface area contributed by atoms with Crippen molar-refractivity contribution in [3.05, 3.63) is 41.7 Å². The van der Waals surface area contributed by atoms with Crippen LogP contribution in [0.25, 0.3) is 11.4 Å². The Bertz CT molecular complexity index is 678. The van der Waals surface area contributed by atoms with E-state index in [1.807, 2.05) is 49.4 Å². The molecule has 6 nitrogen and oxygen atoms in total. The summed E-state index contributed by atoms with van der Waals surface area (Å²) < 4.78 is 11.2. The molecule has 0 amide bonds. The molecule has 1 heterocycles. The van der Waals surface area contributed by atoms with Crippen molar-refractivity contribution in [2.45, 2.75) is 26.1 Å². The van der Waals surface area contributed by atoms with Crippen LogP contribution in [-0.4, -0.2) is 23.2 Å². The number of H-pyrrole nitrogens is 1. The summed E-state index contributed by atoms with van der Waals surface area (Å²) in [5.41, 5.74) is 2.44. The molecule has 0 aliphatic carbocycles. The number of ether oxygens (including phenoxy) is 2. The summed E-state index contributed by atoms with van der Waals surface area (Å²) in [7, 11) is 0. The fraction of sp³-hybridized carbons (Fsp3) is 0.353. The van der Waals surface area contributed by atoms with E-state index >= 15 is 0 Å². The minimum absolute atomic E-state index is 0.251. The van der Waals surface area contributed by atoms with E-state index in [-0.39, 0.29) is 26.1 Å². The van der Waals surface area contributed by atoms with Crippen LogP contribution in [0.4, 0.5) is 0 Å². The number of benzene rings is 1. The molecule has 2 aromatic rings. The number of imidazole rings is 1. The molecular formula is C17H18N4O2. The highest BCUT2D eigenvalue weighted by atomic mass is 16.7. The van der Waals surface area contributed by atoms with Gasteiger partial charge in [0.25, 0.3) is 0 Å². The molecule has 0 saturated carbocycles. The molecule has 0 radical (unpaired) electrons. The molecule has 6 heteroatoms. The Balaban J connectivity index is 2.18. The van der Waals surface area contributed by atoms with Gasteiger partial charge in [0.2, 0.25) is 6.29 Å². The van der Waals surface area contributed by atoms with Gasteiger partial charge in [0.1, 0.15) is 11.5 Å². The lowest BCUT2D eigenvalue weighted by molar-refractivity contribution is -0.146. The van der Waals surface area contributed by atoms with Crippen LogP contribution in [0, 0.1) is 29.6 Å². The van der Waals surface area contributed by atoms with E-state index in [2.05, 4.69) is 9.97 Å². The van der Waals surface area contributed by atoms with E-state index in [1.165, 1.54) is 0 Å². The Hall–Kier alpha value is -2.67. The van der Waals surface area contributed by atoms with Crippen molar-refractivity contribution in [1.82, 2.24) is 9.97 Å². The van der Waals surface area contributed by atoms with Crippen LogP contribution >= 0.6 is 0 Å². The van der Waals surface area contributed by atoms with Gasteiger partial charge in [0, 0.05) is 11.3 Å². The predicted molar refractivity (Wildman–Crippen MR) is 83.9 cm³/mol. The maximum atomic E-state index is 8.64. The second-order valence-corrected chi connectivity index (χ2v) is 4.85. The maximum Gasteiger partial charge on any atom is 0.202 e. The molecule has 1 aromatic carbocycles. The molecule has 23 heavy (non-hydrogen) atoms. The molecule has 0 fully saturated rings. The van der Waals surface area contributed by atoms with E-state index in [9.17, 15) is 0 Å². The van der Waals surface area contributed by atoms with E-state index < -0.39 is 6.29 Å². The standard InChI is InChI=1S/C17H18N4O2/c1-13-15(17(22-11-5-9-18)23-12-6-10-19)21-16(20-13)14-7-3-2-4-8-14/h2-4,7-8,17H,5-6,11-12H2,1H3,(H,20,21). The zero-order chi connectivity index (χ0) is 16.5. The number of hydrogen-bond acceptors (Lipinski definition) is 5. The lowest BCUT2D eigenvalue weighted by Gasteiger charge is -2.16. The van der Waals surface area contributed by atoms with Gasteiger partial charge in [0.05, 0.1) is 38.2 Å². The summed E-state index contributed by atoms with van der Waals surface area (Å²) >= 11 is 0. The SMILES string of the molecule is Cc1[nH]c(-c2ccccc2)nc1C(OCCC#N)OCCC#N. The van der Waals surface area contributed by atoms with Crippen molar-refractivity contribution in [2.75, 3.05) is 13.2 Å². The molecule has 2 rings (SSSR count). The van der Waals surface area contributed by atoms with Crippen LogP contribution in [0.15, 0.2) is 30.3 Å². The average molecular weight is 310 g/mol. The number of nitrogens with one attached hydrogen (secondary N) is 1. The van der Waals surface area contributed by atoms with E-state index in [0.29, 0.717) is 5.69 Å². The lowest BCUT2D eigenvalue weighted by Crippen LogP contribution is -2.12. The van der Waals surface area contributed by atoms with Gasteiger partial charge in [-0.1, -0.05) is 30.3 Å². The Kier molecular flexibility index (Phi) is 6.31. The van der Waals surface area contributed by atoms with Crippen LogP contribution in [0.5, 0.6) is 0 Å². The van der Waals surface area contributed by atoms with Crippen molar-refractivity contribution in [2.24, 2.45) is 0 Å². The third-order valence-electron chi connectivity index (χ3n) is 3.16. The molecule has 0 bridgehead atoms. The third-order valence-corrected chi connectivity index (χ3v) is 3.16. The van der Waals surface area contributed by atoms with E-state index in [0.717, 1.165) is 17.1 Å². The van der Waals surface area contributed by atoms with Crippen molar-refractivity contribution >= 4 is 0 Å². The first-order valence-electron chi connectivity index (χ1n) is 7.35. The first-order valence-corrected chi connectivity index (χ1v) is 7.35. The van der Waals surface area contributed by atoms with Crippen LogP contribution < -0.4 is 0 Å². The van der Waals surface area contributed by atoms with Crippen molar-refractivity contribution in [1.29, 1.82) is 10.5 Å². The Morgan fingerprint density at radius 1 is 1.09 bits per heavy atom. The number of nitrogens with zero attached hydrogens (tertiary/aromatic N) is 3. The largest absolute Gasteiger partial charge is 0.346 e. The minimum Gasteiger partial charge on any atom is -0.346 e. The third kappa shape index (κ3) is 4.65. The first-order chi connectivity index (χ1) is 11.3. The van der Waals surface area contributed by atoms with Crippen LogP contribution in [0.3, 0.4) is 0 Å². The summed E-state index contributed by atoms with van der Waals surface area (Å²) in [6, 6.07) is 13.8. The number of aryl methyl sites for hydroxylation is 1. The monoisotopic (exact) mass is 310 g/mol. The molecule has 0 atom stereocenters. The normalized spacial score (nSPS) is 10.4. The number of nitriles is 2. The summed E-state index contributed by atoms with van der Waals surface area (Å²) in [6.07, 6.45) is -0.148. The Morgan fingerprint density at radius 3 is 2.26 bits per heavy atom. The average Bonchev–Trinajstić information content (AvgIpc) is 2.96.